The molecule has 4 aromatic rings. The lowest BCUT2D eigenvalue weighted by molar-refractivity contribution is 1.28. The Morgan fingerprint density at radius 1 is 0.531 bits per heavy atom. The van der Waals surface area contributed by atoms with Gasteiger partial charge in [0, 0.05) is 22.1 Å². The van der Waals surface area contributed by atoms with Crippen molar-refractivity contribution in [2.24, 2.45) is 0 Å². The number of nitrogens with zero attached hydrogens (tertiary/aromatic N) is 2. The highest BCUT2D eigenvalue weighted by Crippen LogP contribution is 2.17. The summed E-state index contributed by atoms with van der Waals surface area (Å²) in [6.07, 6.45) is 9.88. The molecular weight excluding hydrogens is 392 g/mol. The SMILES string of the molecule is C1=Cc2cc3ccc(cc4ccc(cc5nc(cc1n2)C=C5)[nH]4)[nH]3.C=Cc1ccccc1. The van der Waals surface area contributed by atoms with E-state index < -0.39 is 0 Å². The first-order valence-corrected chi connectivity index (χ1v) is 10.5. The van der Waals surface area contributed by atoms with Crippen LogP contribution in [-0.4, -0.2) is 19.9 Å². The number of hydrogen-bond donors (Lipinski definition) is 2. The number of hydrogen-bond acceptors (Lipinski definition) is 2. The van der Waals surface area contributed by atoms with E-state index in [0.29, 0.717) is 0 Å². The summed E-state index contributed by atoms with van der Waals surface area (Å²) in [4.78, 5) is 16.0. The molecule has 0 atom stereocenters. The molecule has 1 aromatic carbocycles. The molecule has 0 aliphatic carbocycles. The molecule has 2 aliphatic heterocycles. The number of aromatic nitrogens is 4. The van der Waals surface area contributed by atoms with Crippen molar-refractivity contribution in [3.05, 3.63) is 114 Å². The summed E-state index contributed by atoms with van der Waals surface area (Å²) in [5.74, 6) is 0. The molecule has 2 N–H and O–H groups in total. The van der Waals surface area contributed by atoms with E-state index in [4.69, 9.17) is 0 Å². The zero-order chi connectivity index (χ0) is 21.8. The third-order valence-corrected chi connectivity index (χ3v) is 5.08. The van der Waals surface area contributed by atoms with E-state index in [9.17, 15) is 0 Å². The zero-order valence-electron chi connectivity index (χ0n) is 17.5. The van der Waals surface area contributed by atoms with Crippen LogP contribution in [-0.2, 0) is 0 Å². The van der Waals surface area contributed by atoms with Gasteiger partial charge in [0.05, 0.1) is 22.8 Å². The van der Waals surface area contributed by atoms with Gasteiger partial charge in [-0.3, -0.25) is 0 Å². The van der Waals surface area contributed by atoms with Crippen LogP contribution in [0.1, 0.15) is 28.3 Å². The van der Waals surface area contributed by atoms with Gasteiger partial charge in [-0.15, -0.1) is 0 Å². The Morgan fingerprint density at radius 2 is 0.969 bits per heavy atom. The molecule has 32 heavy (non-hydrogen) atoms. The van der Waals surface area contributed by atoms with Gasteiger partial charge in [0.25, 0.3) is 0 Å². The van der Waals surface area contributed by atoms with E-state index in [1.54, 1.807) is 0 Å². The monoisotopic (exact) mass is 414 g/mol. The van der Waals surface area contributed by atoms with Crippen molar-refractivity contribution in [2.75, 3.05) is 0 Å². The third-order valence-electron chi connectivity index (χ3n) is 5.08. The van der Waals surface area contributed by atoms with E-state index in [2.05, 4.69) is 56.8 Å². The van der Waals surface area contributed by atoms with Crippen molar-refractivity contribution < 1.29 is 0 Å². The minimum atomic E-state index is 0.915. The fourth-order valence-corrected chi connectivity index (χ4v) is 3.53. The fraction of sp³-hybridized carbons (Fsp3) is 0. The lowest BCUT2D eigenvalue weighted by Crippen LogP contribution is -1.77. The van der Waals surface area contributed by atoms with Crippen molar-refractivity contribution in [3.63, 3.8) is 0 Å². The van der Waals surface area contributed by atoms with Crippen molar-refractivity contribution in [3.8, 4) is 0 Å². The van der Waals surface area contributed by atoms with E-state index >= 15 is 0 Å². The standard InChI is InChI=1S/C20H14N4.C8H8/c1-2-14-10-16-5-6-18(23-16)12-20-8-7-19(24-20)11-17-4-3-15(22-17)9-13(1)21-14;1-2-8-6-4-3-5-7-8/h1-12,21-22H;2-7H,1H2. The normalized spacial score (nSPS) is 11.6. The van der Waals surface area contributed by atoms with Gasteiger partial charge in [-0.1, -0.05) is 43.0 Å². The van der Waals surface area contributed by atoms with Crippen LogP contribution in [0.25, 0.3) is 52.4 Å². The Kier molecular flexibility index (Phi) is 5.33. The molecule has 4 nitrogen and oxygen atoms in total. The van der Waals surface area contributed by atoms with Crippen LogP contribution in [0.4, 0.5) is 0 Å². The Balaban J connectivity index is 0.000000230. The molecule has 0 spiro atoms. The van der Waals surface area contributed by atoms with Gasteiger partial charge in [-0.25, -0.2) is 9.97 Å². The molecule has 3 aromatic heterocycles. The summed E-state index contributed by atoms with van der Waals surface area (Å²) < 4.78 is 0. The van der Waals surface area contributed by atoms with Crippen LogP contribution in [0.3, 0.4) is 0 Å². The van der Waals surface area contributed by atoms with Crippen molar-refractivity contribution >= 4 is 52.4 Å². The number of nitrogens with one attached hydrogen (secondary N) is 2. The predicted octanol–water partition coefficient (Wildman–Crippen LogP) is 6.99. The molecule has 6 rings (SSSR count). The Bertz CT molecular complexity index is 1400. The molecule has 0 saturated heterocycles. The zero-order valence-corrected chi connectivity index (χ0v) is 17.5. The maximum absolute atomic E-state index is 4.62. The van der Waals surface area contributed by atoms with Crippen molar-refractivity contribution in [1.82, 2.24) is 19.9 Å². The van der Waals surface area contributed by atoms with Gasteiger partial charge in [0.1, 0.15) is 0 Å². The minimum absolute atomic E-state index is 0.915. The molecule has 0 radical (unpaired) electrons. The van der Waals surface area contributed by atoms with Crippen molar-refractivity contribution in [1.29, 1.82) is 0 Å². The summed E-state index contributed by atoms with van der Waals surface area (Å²) >= 11 is 0. The first-order chi connectivity index (χ1) is 15.7. The topological polar surface area (TPSA) is 57.4 Å². The average molecular weight is 415 g/mol. The van der Waals surface area contributed by atoms with Gasteiger partial charge in [-0.05, 0) is 78.4 Å². The van der Waals surface area contributed by atoms with Crippen LogP contribution >= 0.6 is 0 Å². The van der Waals surface area contributed by atoms with Gasteiger partial charge < -0.3 is 9.97 Å². The summed E-state index contributed by atoms with van der Waals surface area (Å²) in [5, 5.41) is 0. The Hall–Kier alpha value is -4.44. The number of H-pyrrole nitrogens is 2. The molecule has 8 bridgehead atoms. The molecule has 0 saturated carbocycles. The van der Waals surface area contributed by atoms with Crippen LogP contribution < -0.4 is 0 Å². The Labute approximate surface area is 186 Å². The maximum atomic E-state index is 4.62. The summed E-state index contributed by atoms with van der Waals surface area (Å²) in [6.45, 7) is 3.63. The molecule has 0 amide bonds. The van der Waals surface area contributed by atoms with Gasteiger partial charge in [0.15, 0.2) is 0 Å². The number of fused-ring (bicyclic) bond motifs is 8. The quantitative estimate of drug-likeness (QED) is 0.305. The second-order valence-corrected chi connectivity index (χ2v) is 7.52. The highest BCUT2D eigenvalue weighted by atomic mass is 14.8. The molecular formula is C28H22N4. The first kappa shape index (κ1) is 19.5. The smallest absolute Gasteiger partial charge is 0.0659 e. The molecule has 5 heterocycles. The maximum Gasteiger partial charge on any atom is 0.0659 e. The van der Waals surface area contributed by atoms with Crippen LogP contribution in [0.5, 0.6) is 0 Å². The van der Waals surface area contributed by atoms with Crippen LogP contribution in [0.2, 0.25) is 0 Å². The van der Waals surface area contributed by atoms with Gasteiger partial charge >= 0.3 is 0 Å². The molecule has 0 unspecified atom stereocenters. The summed E-state index contributed by atoms with van der Waals surface area (Å²) in [7, 11) is 0. The predicted molar refractivity (Wildman–Crippen MR) is 135 cm³/mol. The fourth-order valence-electron chi connectivity index (χ4n) is 3.53. The Morgan fingerprint density at radius 3 is 1.41 bits per heavy atom. The molecule has 4 heteroatoms. The molecule has 0 fully saturated rings. The highest BCUT2D eigenvalue weighted by molar-refractivity contribution is 5.77. The number of benzene rings is 1. The minimum Gasteiger partial charge on any atom is -0.355 e. The van der Waals surface area contributed by atoms with Crippen molar-refractivity contribution in [2.45, 2.75) is 0 Å². The van der Waals surface area contributed by atoms with Crippen LogP contribution in [0.15, 0.2) is 85.4 Å². The number of rotatable bonds is 1. The lowest BCUT2D eigenvalue weighted by Gasteiger charge is -1.86. The third kappa shape index (κ3) is 4.65. The molecule has 154 valence electrons. The lowest BCUT2D eigenvalue weighted by atomic mass is 10.2. The average Bonchev–Trinajstić information content (AvgIpc) is 3.61. The number of aromatic amines is 2. The van der Waals surface area contributed by atoms with Crippen LogP contribution in [0, 0.1) is 0 Å². The highest BCUT2D eigenvalue weighted by Gasteiger charge is 2.02. The second-order valence-electron chi connectivity index (χ2n) is 7.52. The summed E-state index contributed by atoms with van der Waals surface area (Å²) in [5.41, 5.74) is 9.03. The van der Waals surface area contributed by atoms with E-state index in [0.717, 1.165) is 44.8 Å². The van der Waals surface area contributed by atoms with Gasteiger partial charge in [0.2, 0.25) is 0 Å². The molecule has 2 aliphatic rings. The van der Waals surface area contributed by atoms with E-state index in [1.807, 2.05) is 78.9 Å². The first-order valence-electron chi connectivity index (χ1n) is 10.5. The summed E-state index contributed by atoms with van der Waals surface area (Å²) in [6, 6.07) is 26.4. The van der Waals surface area contributed by atoms with E-state index in [1.165, 1.54) is 5.56 Å². The second kappa shape index (κ2) is 8.74. The van der Waals surface area contributed by atoms with E-state index in [-0.39, 0.29) is 0 Å². The largest absolute Gasteiger partial charge is 0.355 e. The van der Waals surface area contributed by atoms with Gasteiger partial charge in [-0.2, -0.15) is 0 Å².